The number of carbonyl (C=O) groups is 2. The summed E-state index contributed by atoms with van der Waals surface area (Å²) in [7, 11) is 0. The molecule has 0 saturated carbocycles. The van der Waals surface area contributed by atoms with Crippen LogP contribution >= 0.6 is 0 Å². The van der Waals surface area contributed by atoms with Gasteiger partial charge in [-0.2, -0.15) is 5.10 Å². The molecule has 3 rings (SSSR count). The van der Waals surface area contributed by atoms with E-state index in [1.165, 1.54) is 18.3 Å². The molecule has 0 radical (unpaired) electrons. The van der Waals surface area contributed by atoms with E-state index in [-0.39, 0.29) is 18.5 Å². The van der Waals surface area contributed by atoms with Gasteiger partial charge in [-0.25, -0.2) is 9.82 Å². The first kappa shape index (κ1) is 21.7. The van der Waals surface area contributed by atoms with Gasteiger partial charge in [0, 0.05) is 0 Å². The van der Waals surface area contributed by atoms with Crippen molar-refractivity contribution in [3.05, 3.63) is 101 Å². The third-order valence-electron chi connectivity index (χ3n) is 4.41. The standard InChI is InChI=1S/C24H22FN3O3/c1-17(20-7-3-2-4-8-20)27-23(29)24(30)28-26-15-18-10-12-22(13-11-18)31-16-19-6-5-9-21(25)14-19/h2-15,17H,16H2,1H3,(H,27,29)(H,28,30)/b26-15-/t17-/m0/s1. The number of halogens is 1. The van der Waals surface area contributed by atoms with Gasteiger partial charge in [-0.15, -0.1) is 0 Å². The van der Waals surface area contributed by atoms with Crippen LogP contribution in [0.2, 0.25) is 0 Å². The molecule has 3 aromatic rings. The van der Waals surface area contributed by atoms with E-state index in [4.69, 9.17) is 4.74 Å². The molecule has 3 aromatic carbocycles. The van der Waals surface area contributed by atoms with E-state index < -0.39 is 11.8 Å². The average molecular weight is 419 g/mol. The zero-order valence-electron chi connectivity index (χ0n) is 16.9. The van der Waals surface area contributed by atoms with Gasteiger partial charge in [-0.05, 0) is 60.0 Å². The van der Waals surface area contributed by atoms with Crippen LogP contribution in [-0.2, 0) is 16.2 Å². The highest BCUT2D eigenvalue weighted by molar-refractivity contribution is 6.35. The van der Waals surface area contributed by atoms with E-state index >= 15 is 0 Å². The van der Waals surface area contributed by atoms with Crippen molar-refractivity contribution in [1.82, 2.24) is 10.7 Å². The molecule has 0 aromatic heterocycles. The first-order valence-electron chi connectivity index (χ1n) is 9.67. The van der Waals surface area contributed by atoms with Crippen molar-refractivity contribution in [2.75, 3.05) is 0 Å². The van der Waals surface area contributed by atoms with E-state index in [9.17, 15) is 14.0 Å². The second-order valence-corrected chi connectivity index (χ2v) is 6.79. The van der Waals surface area contributed by atoms with Crippen molar-refractivity contribution < 1.29 is 18.7 Å². The number of benzene rings is 3. The zero-order chi connectivity index (χ0) is 22.1. The summed E-state index contributed by atoms with van der Waals surface area (Å²) in [5.74, 6) is -1.32. The Kier molecular flexibility index (Phi) is 7.48. The SMILES string of the molecule is C[C@H](NC(=O)C(=O)N/N=C\c1ccc(OCc2cccc(F)c2)cc1)c1ccccc1. The van der Waals surface area contributed by atoms with Crippen molar-refractivity contribution in [2.45, 2.75) is 19.6 Å². The molecule has 2 N–H and O–H groups in total. The van der Waals surface area contributed by atoms with Crippen LogP contribution in [0.15, 0.2) is 84.0 Å². The Labute approximate surface area is 179 Å². The van der Waals surface area contributed by atoms with Gasteiger partial charge in [-0.3, -0.25) is 9.59 Å². The maximum atomic E-state index is 13.2. The lowest BCUT2D eigenvalue weighted by atomic mass is 10.1. The summed E-state index contributed by atoms with van der Waals surface area (Å²) >= 11 is 0. The van der Waals surface area contributed by atoms with Crippen molar-refractivity contribution in [1.29, 1.82) is 0 Å². The summed E-state index contributed by atoms with van der Waals surface area (Å²) < 4.78 is 18.8. The molecule has 0 heterocycles. The molecular formula is C24H22FN3O3. The molecule has 0 saturated heterocycles. The normalized spacial score (nSPS) is 11.7. The molecule has 158 valence electrons. The Morgan fingerprint density at radius 1 is 1.00 bits per heavy atom. The number of carbonyl (C=O) groups excluding carboxylic acids is 2. The van der Waals surface area contributed by atoms with Crippen LogP contribution in [0.3, 0.4) is 0 Å². The lowest BCUT2D eigenvalue weighted by molar-refractivity contribution is -0.139. The molecule has 0 aliphatic carbocycles. The molecule has 0 fully saturated rings. The van der Waals surface area contributed by atoms with E-state index in [0.717, 1.165) is 11.1 Å². The van der Waals surface area contributed by atoms with E-state index in [1.807, 2.05) is 30.3 Å². The van der Waals surface area contributed by atoms with Gasteiger partial charge in [0.25, 0.3) is 0 Å². The fourth-order valence-corrected chi connectivity index (χ4v) is 2.75. The number of hydrogen-bond acceptors (Lipinski definition) is 4. The lowest BCUT2D eigenvalue weighted by Crippen LogP contribution is -2.39. The Balaban J connectivity index is 1.45. The molecule has 1 atom stereocenters. The number of rotatable bonds is 7. The van der Waals surface area contributed by atoms with Crippen molar-refractivity contribution in [3.8, 4) is 5.75 Å². The average Bonchev–Trinajstić information content (AvgIpc) is 2.79. The van der Waals surface area contributed by atoms with Crippen molar-refractivity contribution in [3.63, 3.8) is 0 Å². The molecule has 7 heteroatoms. The number of nitrogens with zero attached hydrogens (tertiary/aromatic N) is 1. The van der Waals surface area contributed by atoms with E-state index in [2.05, 4.69) is 15.8 Å². The highest BCUT2D eigenvalue weighted by Crippen LogP contribution is 2.14. The van der Waals surface area contributed by atoms with Gasteiger partial charge in [0.05, 0.1) is 12.3 Å². The quantitative estimate of drug-likeness (QED) is 0.348. The zero-order valence-corrected chi connectivity index (χ0v) is 16.9. The minimum absolute atomic E-state index is 0.248. The molecule has 0 bridgehead atoms. The Morgan fingerprint density at radius 2 is 1.74 bits per heavy atom. The van der Waals surface area contributed by atoms with E-state index in [1.54, 1.807) is 43.3 Å². The number of hydrazone groups is 1. The summed E-state index contributed by atoms with van der Waals surface area (Å²) in [5, 5.41) is 6.43. The summed E-state index contributed by atoms with van der Waals surface area (Å²) in [4.78, 5) is 23.9. The second-order valence-electron chi connectivity index (χ2n) is 6.79. The van der Waals surface area contributed by atoms with Crippen LogP contribution < -0.4 is 15.5 Å². The second kappa shape index (κ2) is 10.7. The first-order valence-corrected chi connectivity index (χ1v) is 9.67. The van der Waals surface area contributed by atoms with Crippen molar-refractivity contribution in [2.24, 2.45) is 5.10 Å². The summed E-state index contributed by atoms with van der Waals surface area (Å²) in [6, 6.07) is 22.2. The fraction of sp³-hybridized carbons (Fsp3) is 0.125. The smallest absolute Gasteiger partial charge is 0.329 e. The Morgan fingerprint density at radius 3 is 2.45 bits per heavy atom. The fourth-order valence-electron chi connectivity index (χ4n) is 2.75. The Hall–Kier alpha value is -4.00. The molecule has 6 nitrogen and oxygen atoms in total. The van der Waals surface area contributed by atoms with E-state index in [0.29, 0.717) is 11.3 Å². The maximum Gasteiger partial charge on any atom is 0.329 e. The lowest BCUT2D eigenvalue weighted by Gasteiger charge is -2.13. The van der Waals surface area contributed by atoms with Gasteiger partial charge < -0.3 is 10.1 Å². The largest absolute Gasteiger partial charge is 0.489 e. The summed E-state index contributed by atoms with van der Waals surface area (Å²) in [5.41, 5.74) is 4.54. The summed E-state index contributed by atoms with van der Waals surface area (Å²) in [6.45, 7) is 2.04. The maximum absolute atomic E-state index is 13.2. The van der Waals surface area contributed by atoms with Crippen LogP contribution in [0.4, 0.5) is 4.39 Å². The highest BCUT2D eigenvalue weighted by Gasteiger charge is 2.16. The number of hydrogen-bond donors (Lipinski definition) is 2. The van der Waals surface area contributed by atoms with Crippen LogP contribution in [-0.4, -0.2) is 18.0 Å². The predicted molar refractivity (Wildman–Crippen MR) is 116 cm³/mol. The van der Waals surface area contributed by atoms with Crippen LogP contribution in [0, 0.1) is 5.82 Å². The van der Waals surface area contributed by atoms with Gasteiger partial charge in [0.15, 0.2) is 0 Å². The Bertz CT molecular complexity index is 1050. The molecule has 31 heavy (non-hydrogen) atoms. The van der Waals surface area contributed by atoms with Gasteiger partial charge in [0.2, 0.25) is 0 Å². The molecule has 2 amide bonds. The number of ether oxygens (including phenoxy) is 1. The van der Waals surface area contributed by atoms with Gasteiger partial charge in [-0.1, -0.05) is 42.5 Å². The molecule has 0 spiro atoms. The molecule has 0 unspecified atom stereocenters. The van der Waals surface area contributed by atoms with Gasteiger partial charge in [0.1, 0.15) is 18.2 Å². The minimum atomic E-state index is -0.853. The highest BCUT2D eigenvalue weighted by atomic mass is 19.1. The topological polar surface area (TPSA) is 79.8 Å². The van der Waals surface area contributed by atoms with Crippen LogP contribution in [0.25, 0.3) is 0 Å². The predicted octanol–water partition coefficient (Wildman–Crippen LogP) is 3.73. The van der Waals surface area contributed by atoms with Crippen LogP contribution in [0.5, 0.6) is 5.75 Å². The molecular weight excluding hydrogens is 397 g/mol. The molecule has 0 aliphatic heterocycles. The number of amides is 2. The van der Waals surface area contributed by atoms with Crippen LogP contribution in [0.1, 0.15) is 29.7 Å². The number of nitrogens with one attached hydrogen (secondary N) is 2. The summed E-state index contributed by atoms with van der Waals surface area (Å²) in [6.07, 6.45) is 1.42. The molecule has 0 aliphatic rings. The monoisotopic (exact) mass is 419 g/mol. The van der Waals surface area contributed by atoms with Crippen molar-refractivity contribution >= 4 is 18.0 Å². The first-order chi connectivity index (χ1) is 15.0. The third kappa shape index (κ3) is 6.78. The third-order valence-corrected chi connectivity index (χ3v) is 4.41. The van der Waals surface area contributed by atoms with Gasteiger partial charge >= 0.3 is 11.8 Å². The minimum Gasteiger partial charge on any atom is -0.489 e.